The van der Waals surface area contributed by atoms with Gasteiger partial charge in [0.2, 0.25) is 5.91 Å². The largest absolute Gasteiger partial charge is 0.481 e. The molecule has 1 aromatic heterocycles. The van der Waals surface area contributed by atoms with Gasteiger partial charge < -0.3 is 15.2 Å². The zero-order chi connectivity index (χ0) is 18.3. The van der Waals surface area contributed by atoms with E-state index in [4.69, 9.17) is 4.74 Å². The van der Waals surface area contributed by atoms with E-state index in [0.717, 1.165) is 24.0 Å². The number of carbonyl (C=O) groups excluding carboxylic acids is 2. The van der Waals surface area contributed by atoms with E-state index in [-0.39, 0.29) is 17.7 Å². The number of hydrogen-bond acceptors (Lipinski definition) is 5. The van der Waals surface area contributed by atoms with E-state index < -0.39 is 23.8 Å². The Hall–Kier alpha value is -2.15. The topological polar surface area (TPSA) is 92.7 Å². The molecule has 2 bridgehead atoms. The van der Waals surface area contributed by atoms with Gasteiger partial charge >= 0.3 is 11.9 Å². The minimum Gasteiger partial charge on any atom is -0.481 e. The molecule has 25 heavy (non-hydrogen) atoms. The Morgan fingerprint density at radius 1 is 1.20 bits per heavy atom. The molecule has 1 aromatic rings. The predicted molar refractivity (Wildman–Crippen MR) is 93.5 cm³/mol. The highest BCUT2D eigenvalue weighted by Crippen LogP contribution is 2.57. The number of ether oxygens (including phenoxy) is 1. The van der Waals surface area contributed by atoms with Gasteiger partial charge in [0.25, 0.3) is 0 Å². The molecule has 1 amide bonds. The van der Waals surface area contributed by atoms with Crippen LogP contribution in [0.3, 0.4) is 0 Å². The van der Waals surface area contributed by atoms with Gasteiger partial charge in [-0.15, -0.1) is 11.3 Å². The quantitative estimate of drug-likeness (QED) is 0.633. The standard InChI is InChI=1S/C18H21NO5S/c1-8(2)12-9-4-5-10(12)14(17(21)22)13(9)15(20)19-16-11(6-7-25-16)18(23)24-3/h6-7,9-10,13-14H,4-5H2,1-3H3,(H,19,20)(H,21,22)/t9-,10+,13+,14-/m0/s1. The molecule has 1 heterocycles. The molecule has 0 aromatic carbocycles. The molecule has 6 nitrogen and oxygen atoms in total. The van der Waals surface area contributed by atoms with E-state index in [2.05, 4.69) is 5.32 Å². The Labute approximate surface area is 149 Å². The molecular weight excluding hydrogens is 342 g/mol. The lowest BCUT2D eigenvalue weighted by atomic mass is 9.79. The summed E-state index contributed by atoms with van der Waals surface area (Å²) in [5.74, 6) is -3.18. The average Bonchev–Trinajstić information content (AvgIpc) is 3.26. The lowest BCUT2D eigenvalue weighted by Crippen LogP contribution is -2.37. The second-order valence-electron chi connectivity index (χ2n) is 6.78. The molecule has 0 saturated heterocycles. The lowest BCUT2D eigenvalue weighted by Gasteiger charge is -2.26. The van der Waals surface area contributed by atoms with Gasteiger partial charge in [-0.2, -0.15) is 0 Å². The molecule has 2 aliphatic carbocycles. The summed E-state index contributed by atoms with van der Waals surface area (Å²) in [5, 5.41) is 14.6. The first kappa shape index (κ1) is 17.7. The molecule has 2 fully saturated rings. The van der Waals surface area contributed by atoms with Crippen molar-refractivity contribution in [3.05, 3.63) is 28.2 Å². The molecule has 0 radical (unpaired) electrons. The van der Waals surface area contributed by atoms with Gasteiger partial charge in [-0.25, -0.2) is 4.79 Å². The highest BCUT2D eigenvalue weighted by atomic mass is 32.1. The summed E-state index contributed by atoms with van der Waals surface area (Å²) in [6.45, 7) is 3.96. The Bertz CT molecular complexity index is 761. The van der Waals surface area contributed by atoms with E-state index in [1.54, 1.807) is 11.4 Å². The maximum absolute atomic E-state index is 12.9. The Morgan fingerprint density at radius 3 is 2.40 bits per heavy atom. The molecule has 2 aliphatic rings. The fraction of sp³-hybridized carbons (Fsp3) is 0.500. The van der Waals surface area contributed by atoms with Gasteiger partial charge in [0, 0.05) is 0 Å². The Kier molecular flexibility index (Phi) is 4.69. The lowest BCUT2D eigenvalue weighted by molar-refractivity contribution is -0.148. The maximum atomic E-state index is 12.9. The van der Waals surface area contributed by atoms with Gasteiger partial charge in [-0.3, -0.25) is 9.59 Å². The number of esters is 1. The number of carboxylic acids is 1. The van der Waals surface area contributed by atoms with Crippen LogP contribution in [0.2, 0.25) is 0 Å². The van der Waals surface area contributed by atoms with Crippen LogP contribution in [-0.4, -0.2) is 30.1 Å². The third-order valence-electron chi connectivity index (χ3n) is 5.31. The van der Waals surface area contributed by atoms with Crippen molar-refractivity contribution < 1.29 is 24.2 Å². The van der Waals surface area contributed by atoms with Crippen molar-refractivity contribution in [2.24, 2.45) is 23.7 Å². The first-order chi connectivity index (χ1) is 11.9. The highest BCUT2D eigenvalue weighted by molar-refractivity contribution is 7.14. The summed E-state index contributed by atoms with van der Waals surface area (Å²) in [6.07, 6.45) is 1.65. The zero-order valence-electron chi connectivity index (χ0n) is 14.4. The van der Waals surface area contributed by atoms with Crippen LogP contribution in [0.25, 0.3) is 0 Å². The van der Waals surface area contributed by atoms with Gasteiger partial charge in [0.05, 0.1) is 24.5 Å². The smallest absolute Gasteiger partial charge is 0.340 e. The number of allylic oxidation sites excluding steroid dienone is 2. The fourth-order valence-corrected chi connectivity index (χ4v) is 5.25. The van der Waals surface area contributed by atoms with Crippen LogP contribution in [0.4, 0.5) is 5.00 Å². The first-order valence-corrected chi connectivity index (χ1v) is 9.11. The van der Waals surface area contributed by atoms with Crippen LogP contribution >= 0.6 is 11.3 Å². The third kappa shape index (κ3) is 2.86. The second-order valence-corrected chi connectivity index (χ2v) is 7.70. The van der Waals surface area contributed by atoms with Crippen molar-refractivity contribution in [3.63, 3.8) is 0 Å². The second kappa shape index (κ2) is 6.63. The summed E-state index contributed by atoms with van der Waals surface area (Å²) in [4.78, 5) is 36.5. The first-order valence-electron chi connectivity index (χ1n) is 8.23. The molecule has 0 spiro atoms. The molecule has 0 unspecified atom stereocenters. The number of aliphatic carboxylic acids is 1. The Balaban J connectivity index is 1.89. The minimum atomic E-state index is -0.925. The maximum Gasteiger partial charge on any atom is 0.340 e. The summed E-state index contributed by atoms with van der Waals surface area (Å²) in [7, 11) is 1.28. The molecule has 4 atom stereocenters. The van der Waals surface area contributed by atoms with Crippen LogP contribution in [0.15, 0.2) is 22.6 Å². The van der Waals surface area contributed by atoms with Crippen molar-refractivity contribution in [1.82, 2.24) is 0 Å². The monoisotopic (exact) mass is 363 g/mol. The minimum absolute atomic E-state index is 0.0300. The van der Waals surface area contributed by atoms with Crippen LogP contribution in [0.1, 0.15) is 37.0 Å². The van der Waals surface area contributed by atoms with Crippen molar-refractivity contribution in [3.8, 4) is 0 Å². The molecular formula is C18H21NO5S. The summed E-state index contributed by atoms with van der Waals surface area (Å²) in [5.41, 5.74) is 2.53. The van der Waals surface area contributed by atoms with Crippen molar-refractivity contribution >= 4 is 34.2 Å². The van der Waals surface area contributed by atoms with Crippen LogP contribution in [-0.2, 0) is 14.3 Å². The number of hydrogen-bond donors (Lipinski definition) is 2. The number of anilines is 1. The van der Waals surface area contributed by atoms with Crippen LogP contribution in [0, 0.1) is 23.7 Å². The van der Waals surface area contributed by atoms with E-state index in [9.17, 15) is 19.5 Å². The van der Waals surface area contributed by atoms with Crippen molar-refractivity contribution in [2.75, 3.05) is 12.4 Å². The summed E-state index contributed by atoms with van der Waals surface area (Å²) in [6, 6.07) is 1.59. The van der Waals surface area contributed by atoms with E-state index in [0.29, 0.717) is 10.6 Å². The number of fused-ring (bicyclic) bond motifs is 2. The number of rotatable bonds is 4. The SMILES string of the molecule is COC(=O)c1ccsc1NC(=O)[C@H]1[C@@H](C(=O)O)[C@@H]2CC[C@H]1C2=C(C)C. The number of amides is 1. The van der Waals surface area contributed by atoms with Gasteiger partial charge in [-0.05, 0) is 50.0 Å². The molecule has 0 aliphatic heterocycles. The summed E-state index contributed by atoms with van der Waals surface area (Å²) >= 11 is 1.22. The molecule has 2 N–H and O–H groups in total. The van der Waals surface area contributed by atoms with Gasteiger partial charge in [0.15, 0.2) is 0 Å². The Morgan fingerprint density at radius 2 is 1.84 bits per heavy atom. The zero-order valence-corrected chi connectivity index (χ0v) is 15.2. The van der Waals surface area contributed by atoms with E-state index >= 15 is 0 Å². The molecule has 2 saturated carbocycles. The molecule has 7 heteroatoms. The fourth-order valence-electron chi connectivity index (χ4n) is 4.48. The van der Waals surface area contributed by atoms with Crippen LogP contribution in [0.5, 0.6) is 0 Å². The number of carboxylic acid groups (broad SMARTS) is 1. The van der Waals surface area contributed by atoms with Crippen molar-refractivity contribution in [1.29, 1.82) is 0 Å². The van der Waals surface area contributed by atoms with Gasteiger partial charge in [0.1, 0.15) is 5.00 Å². The molecule has 3 rings (SSSR count). The van der Waals surface area contributed by atoms with Crippen molar-refractivity contribution in [2.45, 2.75) is 26.7 Å². The van der Waals surface area contributed by atoms with E-state index in [1.165, 1.54) is 18.4 Å². The normalized spacial score (nSPS) is 27.2. The number of nitrogens with one attached hydrogen (secondary N) is 1. The van der Waals surface area contributed by atoms with Gasteiger partial charge in [-0.1, -0.05) is 11.1 Å². The summed E-state index contributed by atoms with van der Waals surface area (Å²) < 4.78 is 4.71. The van der Waals surface area contributed by atoms with E-state index in [1.807, 2.05) is 13.8 Å². The number of thiophene rings is 1. The number of methoxy groups -OCH3 is 1. The third-order valence-corrected chi connectivity index (χ3v) is 6.14. The predicted octanol–water partition coefficient (Wildman–Crippen LogP) is 3.17. The molecule has 134 valence electrons. The number of carbonyl (C=O) groups is 3. The van der Waals surface area contributed by atoms with Crippen LogP contribution < -0.4 is 5.32 Å². The highest BCUT2D eigenvalue weighted by Gasteiger charge is 2.57. The average molecular weight is 363 g/mol.